The number of anilines is 1. The molecule has 0 amide bonds. The fourth-order valence-corrected chi connectivity index (χ4v) is 3.38. The summed E-state index contributed by atoms with van der Waals surface area (Å²) in [6.45, 7) is 3.85. The predicted octanol–water partition coefficient (Wildman–Crippen LogP) is 5.46. The molecule has 0 unspecified atom stereocenters. The van der Waals surface area contributed by atoms with E-state index in [1.807, 2.05) is 62.4 Å². The van der Waals surface area contributed by atoms with Gasteiger partial charge in [-0.3, -0.25) is 4.79 Å². The Kier molecular flexibility index (Phi) is 6.42. The van der Waals surface area contributed by atoms with Crippen LogP contribution in [0.25, 0.3) is 11.3 Å². The van der Waals surface area contributed by atoms with E-state index in [0.717, 1.165) is 47.3 Å². The molecule has 144 valence electrons. The molecule has 2 aromatic carbocycles. The minimum atomic E-state index is 0.173. The number of ketones is 1. The van der Waals surface area contributed by atoms with Crippen molar-refractivity contribution < 1.29 is 4.79 Å². The Bertz CT molecular complexity index is 984. The Hall–Kier alpha value is -2.72. The van der Waals surface area contributed by atoms with Crippen LogP contribution in [0.1, 0.15) is 46.9 Å². The van der Waals surface area contributed by atoms with Crippen molar-refractivity contribution in [3.05, 3.63) is 75.9 Å². The van der Waals surface area contributed by atoms with Gasteiger partial charge in [0, 0.05) is 28.3 Å². The molecule has 1 heterocycles. The summed E-state index contributed by atoms with van der Waals surface area (Å²) in [7, 11) is 0. The van der Waals surface area contributed by atoms with Gasteiger partial charge in [0.25, 0.3) is 0 Å². The Balaban J connectivity index is 1.69. The molecule has 0 saturated carbocycles. The van der Waals surface area contributed by atoms with Gasteiger partial charge >= 0.3 is 0 Å². The fourth-order valence-electron chi connectivity index (χ4n) is 3.20. The number of rotatable bonds is 7. The molecule has 0 bridgehead atoms. The molecule has 1 aromatic heterocycles. The van der Waals surface area contributed by atoms with E-state index in [0.29, 0.717) is 11.4 Å². The molecule has 3 aromatic rings. The minimum Gasteiger partial charge on any atom is -0.368 e. The molecule has 0 atom stereocenters. The highest BCUT2D eigenvalue weighted by atomic mass is 35.5. The first-order chi connectivity index (χ1) is 13.5. The molecule has 0 aliphatic heterocycles. The van der Waals surface area contributed by atoms with E-state index in [4.69, 9.17) is 17.3 Å². The second-order valence-corrected chi connectivity index (χ2v) is 7.25. The Morgan fingerprint density at radius 1 is 1.07 bits per heavy atom. The zero-order valence-electron chi connectivity index (χ0n) is 16.2. The van der Waals surface area contributed by atoms with Crippen LogP contribution in [0, 0.1) is 6.92 Å². The number of hydrogen-bond acceptors (Lipinski definition) is 4. The van der Waals surface area contributed by atoms with Crippen molar-refractivity contribution in [1.82, 2.24) is 9.97 Å². The SMILES string of the molecule is CCC(=O)c1ccc(CCCc2cc(-c3cccc(Cl)c3C)nc(N)n2)cc1. The normalized spacial score (nSPS) is 10.8. The average Bonchev–Trinajstić information content (AvgIpc) is 2.69. The standard InChI is InChI=1S/C23H24ClN3O/c1-3-22(28)17-12-10-16(11-13-17)6-4-7-18-14-21(27-23(25)26-18)19-8-5-9-20(24)15(19)2/h5,8-14H,3-4,6-7H2,1-2H3,(H2,25,26,27). The van der Waals surface area contributed by atoms with Crippen LogP contribution in [0.2, 0.25) is 5.02 Å². The first kappa shape index (κ1) is 20.0. The summed E-state index contributed by atoms with van der Waals surface area (Å²) < 4.78 is 0. The summed E-state index contributed by atoms with van der Waals surface area (Å²) in [5.74, 6) is 0.446. The van der Waals surface area contributed by atoms with Crippen molar-refractivity contribution in [2.45, 2.75) is 39.5 Å². The summed E-state index contributed by atoms with van der Waals surface area (Å²) in [6.07, 6.45) is 3.18. The van der Waals surface area contributed by atoms with Gasteiger partial charge in [-0.25, -0.2) is 9.97 Å². The smallest absolute Gasteiger partial charge is 0.220 e. The summed E-state index contributed by atoms with van der Waals surface area (Å²) in [4.78, 5) is 20.5. The van der Waals surface area contributed by atoms with E-state index in [1.165, 1.54) is 5.56 Å². The number of nitrogen functional groups attached to an aromatic ring is 1. The van der Waals surface area contributed by atoms with Crippen LogP contribution >= 0.6 is 11.6 Å². The number of nitrogens with two attached hydrogens (primary N) is 1. The predicted molar refractivity (Wildman–Crippen MR) is 115 cm³/mol. The first-order valence-electron chi connectivity index (χ1n) is 9.49. The molecule has 3 rings (SSSR count). The van der Waals surface area contributed by atoms with Gasteiger partial charge in [-0.15, -0.1) is 0 Å². The highest BCUT2D eigenvalue weighted by Crippen LogP contribution is 2.28. The third kappa shape index (κ3) is 4.76. The van der Waals surface area contributed by atoms with Gasteiger partial charge in [-0.05, 0) is 49.4 Å². The molecule has 0 saturated heterocycles. The molecular weight excluding hydrogens is 370 g/mol. The highest BCUT2D eigenvalue weighted by Gasteiger charge is 2.10. The lowest BCUT2D eigenvalue weighted by molar-refractivity contribution is 0.0988. The zero-order valence-corrected chi connectivity index (χ0v) is 17.0. The van der Waals surface area contributed by atoms with Crippen molar-refractivity contribution in [3.63, 3.8) is 0 Å². The van der Waals surface area contributed by atoms with Gasteiger partial charge in [-0.2, -0.15) is 0 Å². The Morgan fingerprint density at radius 3 is 2.54 bits per heavy atom. The third-order valence-corrected chi connectivity index (χ3v) is 5.24. The lowest BCUT2D eigenvalue weighted by atomic mass is 10.0. The van der Waals surface area contributed by atoms with Crippen molar-refractivity contribution in [1.29, 1.82) is 0 Å². The van der Waals surface area contributed by atoms with Crippen LogP contribution in [-0.2, 0) is 12.8 Å². The van der Waals surface area contributed by atoms with Crippen molar-refractivity contribution in [2.24, 2.45) is 0 Å². The van der Waals surface area contributed by atoms with Crippen LogP contribution in [0.5, 0.6) is 0 Å². The van der Waals surface area contributed by atoms with E-state index in [9.17, 15) is 4.79 Å². The lowest BCUT2D eigenvalue weighted by Gasteiger charge is -2.10. The van der Waals surface area contributed by atoms with Gasteiger partial charge < -0.3 is 5.73 Å². The minimum absolute atomic E-state index is 0.173. The Labute approximate surface area is 170 Å². The van der Waals surface area contributed by atoms with Crippen LogP contribution in [0.4, 0.5) is 5.95 Å². The maximum atomic E-state index is 11.7. The quantitative estimate of drug-likeness (QED) is 0.541. The molecule has 0 aliphatic carbocycles. The number of hydrogen-bond donors (Lipinski definition) is 1. The second kappa shape index (κ2) is 8.98. The van der Waals surface area contributed by atoms with Gasteiger partial charge in [-0.1, -0.05) is 54.9 Å². The van der Waals surface area contributed by atoms with E-state index in [1.54, 1.807) is 0 Å². The van der Waals surface area contributed by atoms with E-state index < -0.39 is 0 Å². The number of nitrogens with zero attached hydrogens (tertiary/aromatic N) is 2. The number of aryl methyl sites for hydroxylation is 2. The first-order valence-corrected chi connectivity index (χ1v) is 9.86. The number of benzene rings is 2. The van der Waals surface area contributed by atoms with Gasteiger partial charge in [0.15, 0.2) is 5.78 Å². The van der Waals surface area contributed by atoms with Crippen LogP contribution < -0.4 is 5.73 Å². The van der Waals surface area contributed by atoms with Gasteiger partial charge in [0.1, 0.15) is 0 Å². The average molecular weight is 394 g/mol. The van der Waals surface area contributed by atoms with Crippen molar-refractivity contribution >= 4 is 23.3 Å². The molecule has 2 N–H and O–H groups in total. The number of aromatic nitrogens is 2. The summed E-state index contributed by atoms with van der Waals surface area (Å²) in [6, 6.07) is 15.6. The molecule has 5 heteroatoms. The largest absolute Gasteiger partial charge is 0.368 e. The van der Waals surface area contributed by atoms with E-state index >= 15 is 0 Å². The number of carbonyl (C=O) groups excluding carboxylic acids is 1. The highest BCUT2D eigenvalue weighted by molar-refractivity contribution is 6.31. The molecule has 0 spiro atoms. The van der Waals surface area contributed by atoms with Gasteiger partial charge in [0.2, 0.25) is 5.95 Å². The third-order valence-electron chi connectivity index (χ3n) is 4.84. The number of halogens is 1. The maximum absolute atomic E-state index is 11.7. The summed E-state index contributed by atoms with van der Waals surface area (Å²) >= 11 is 6.24. The lowest BCUT2D eigenvalue weighted by Crippen LogP contribution is -2.02. The number of carbonyl (C=O) groups is 1. The molecular formula is C23H24ClN3O. The van der Waals surface area contributed by atoms with Crippen LogP contribution in [0.15, 0.2) is 48.5 Å². The summed E-state index contributed by atoms with van der Waals surface area (Å²) in [5.41, 5.74) is 11.6. The molecule has 28 heavy (non-hydrogen) atoms. The zero-order chi connectivity index (χ0) is 20.1. The topological polar surface area (TPSA) is 68.9 Å². The van der Waals surface area contributed by atoms with E-state index in [-0.39, 0.29) is 11.7 Å². The maximum Gasteiger partial charge on any atom is 0.220 e. The monoisotopic (exact) mass is 393 g/mol. The van der Waals surface area contributed by atoms with E-state index in [2.05, 4.69) is 9.97 Å². The fraction of sp³-hybridized carbons (Fsp3) is 0.261. The molecule has 4 nitrogen and oxygen atoms in total. The van der Waals surface area contributed by atoms with Gasteiger partial charge in [0.05, 0.1) is 5.69 Å². The van der Waals surface area contributed by atoms with Crippen LogP contribution in [0.3, 0.4) is 0 Å². The van der Waals surface area contributed by atoms with Crippen molar-refractivity contribution in [2.75, 3.05) is 5.73 Å². The summed E-state index contributed by atoms with van der Waals surface area (Å²) in [5, 5.41) is 0.709. The molecule has 0 aliphatic rings. The Morgan fingerprint density at radius 2 is 1.82 bits per heavy atom. The number of Topliss-reactive ketones (excluding diaryl/α,β-unsaturated/α-hetero) is 1. The molecule has 0 radical (unpaired) electrons. The second-order valence-electron chi connectivity index (χ2n) is 6.84. The van der Waals surface area contributed by atoms with Crippen LogP contribution in [-0.4, -0.2) is 15.8 Å². The van der Waals surface area contributed by atoms with Crippen molar-refractivity contribution in [3.8, 4) is 11.3 Å². The molecule has 0 fully saturated rings.